The van der Waals surface area contributed by atoms with Crippen LogP contribution in [0.4, 0.5) is 11.6 Å². The second-order valence-corrected chi connectivity index (χ2v) is 7.77. The number of halogens is 1. The van der Waals surface area contributed by atoms with Crippen molar-refractivity contribution in [2.24, 2.45) is 0 Å². The van der Waals surface area contributed by atoms with Gasteiger partial charge in [0.05, 0.1) is 5.02 Å². The lowest BCUT2D eigenvalue weighted by Gasteiger charge is -2.20. The quantitative estimate of drug-likeness (QED) is 0.893. The topological polar surface area (TPSA) is 84.0 Å². The summed E-state index contributed by atoms with van der Waals surface area (Å²) in [5.41, 5.74) is -0.159. The summed E-state index contributed by atoms with van der Waals surface area (Å²) in [5, 5.41) is 11.1. The lowest BCUT2D eigenvalue weighted by molar-refractivity contribution is 0.600. The first-order chi connectivity index (χ1) is 10.2. The second kappa shape index (κ2) is 6.10. The fourth-order valence-corrected chi connectivity index (χ4v) is 3.21. The maximum Gasteiger partial charge on any atom is 0.264 e. The van der Waals surface area contributed by atoms with Crippen LogP contribution in [0.5, 0.6) is 0 Å². The van der Waals surface area contributed by atoms with E-state index in [1.807, 2.05) is 20.8 Å². The molecule has 0 saturated heterocycles. The Balaban J connectivity index is 2.19. The Labute approximate surface area is 135 Å². The standard InChI is InChI=1S/C14H17ClN4O2S/c1-14(2,3)16-12-8-9-13(18-17-12)19-22(20,21)11-7-5-4-6-10(11)15/h4-9H,1-3H3,(H,16,17)(H,18,19). The Morgan fingerprint density at radius 2 is 1.59 bits per heavy atom. The molecule has 1 aromatic carbocycles. The van der Waals surface area contributed by atoms with E-state index in [0.717, 1.165) is 0 Å². The molecule has 2 N–H and O–H groups in total. The fourth-order valence-electron chi connectivity index (χ4n) is 1.69. The van der Waals surface area contributed by atoms with E-state index in [4.69, 9.17) is 11.6 Å². The number of nitrogens with zero attached hydrogens (tertiary/aromatic N) is 2. The van der Waals surface area contributed by atoms with E-state index < -0.39 is 10.0 Å². The first-order valence-corrected chi connectivity index (χ1v) is 8.43. The monoisotopic (exact) mass is 340 g/mol. The van der Waals surface area contributed by atoms with Gasteiger partial charge in [-0.2, -0.15) is 0 Å². The summed E-state index contributed by atoms with van der Waals surface area (Å²) in [4.78, 5) is -0.00430. The Bertz CT molecular complexity index is 755. The van der Waals surface area contributed by atoms with Crippen LogP contribution in [-0.2, 0) is 10.0 Å². The van der Waals surface area contributed by atoms with Gasteiger partial charge in [0.1, 0.15) is 10.7 Å². The summed E-state index contributed by atoms with van der Waals surface area (Å²) in [6.07, 6.45) is 0. The minimum Gasteiger partial charge on any atom is -0.364 e. The number of benzene rings is 1. The normalized spacial score (nSPS) is 12.0. The third-order valence-corrected chi connectivity index (χ3v) is 4.39. The van der Waals surface area contributed by atoms with E-state index in [1.165, 1.54) is 18.2 Å². The minimum absolute atomic E-state index is 0.00430. The smallest absolute Gasteiger partial charge is 0.264 e. The van der Waals surface area contributed by atoms with Gasteiger partial charge < -0.3 is 5.32 Å². The highest BCUT2D eigenvalue weighted by molar-refractivity contribution is 7.92. The predicted octanol–water partition coefficient (Wildman–Crippen LogP) is 3.14. The molecule has 0 aliphatic rings. The van der Waals surface area contributed by atoms with Gasteiger partial charge in [-0.05, 0) is 45.0 Å². The van der Waals surface area contributed by atoms with Crippen LogP contribution in [0.1, 0.15) is 20.8 Å². The van der Waals surface area contributed by atoms with Crippen molar-refractivity contribution < 1.29 is 8.42 Å². The predicted molar refractivity (Wildman–Crippen MR) is 87.7 cm³/mol. The molecule has 0 amide bonds. The molecular formula is C14H17ClN4O2S. The Morgan fingerprint density at radius 3 is 2.14 bits per heavy atom. The molecule has 0 aliphatic heterocycles. The molecule has 2 aromatic rings. The van der Waals surface area contributed by atoms with Crippen LogP contribution in [0, 0.1) is 0 Å². The maximum absolute atomic E-state index is 12.3. The van der Waals surface area contributed by atoms with Crippen LogP contribution in [0.25, 0.3) is 0 Å². The summed E-state index contributed by atoms with van der Waals surface area (Å²) >= 11 is 5.91. The van der Waals surface area contributed by atoms with E-state index in [2.05, 4.69) is 20.2 Å². The lowest BCUT2D eigenvalue weighted by atomic mass is 10.1. The first-order valence-electron chi connectivity index (χ1n) is 6.57. The van der Waals surface area contributed by atoms with Crippen LogP contribution >= 0.6 is 11.6 Å². The van der Waals surface area contributed by atoms with E-state index in [-0.39, 0.29) is 21.3 Å². The van der Waals surface area contributed by atoms with E-state index in [0.29, 0.717) is 5.82 Å². The lowest BCUT2D eigenvalue weighted by Crippen LogP contribution is -2.26. The summed E-state index contributed by atoms with van der Waals surface area (Å²) in [5.74, 6) is 0.688. The molecule has 0 spiro atoms. The molecule has 1 heterocycles. The number of hydrogen-bond acceptors (Lipinski definition) is 5. The summed E-state index contributed by atoms with van der Waals surface area (Å²) in [7, 11) is -3.80. The van der Waals surface area contributed by atoms with Gasteiger partial charge in [0.15, 0.2) is 5.82 Å². The molecule has 0 bridgehead atoms. The van der Waals surface area contributed by atoms with Crippen molar-refractivity contribution in [1.29, 1.82) is 0 Å². The molecular weight excluding hydrogens is 324 g/mol. The molecule has 0 aliphatic carbocycles. The maximum atomic E-state index is 12.3. The number of rotatable bonds is 4. The SMILES string of the molecule is CC(C)(C)Nc1ccc(NS(=O)(=O)c2ccccc2Cl)nn1. The zero-order valence-electron chi connectivity index (χ0n) is 12.5. The minimum atomic E-state index is -3.80. The molecule has 0 fully saturated rings. The molecule has 0 atom stereocenters. The van der Waals surface area contributed by atoms with Crippen LogP contribution in [-0.4, -0.2) is 24.2 Å². The van der Waals surface area contributed by atoms with Gasteiger partial charge >= 0.3 is 0 Å². The molecule has 6 nitrogen and oxygen atoms in total. The van der Waals surface area contributed by atoms with Gasteiger partial charge in [0.25, 0.3) is 10.0 Å². The number of hydrogen-bond donors (Lipinski definition) is 2. The molecule has 0 saturated carbocycles. The highest BCUT2D eigenvalue weighted by Gasteiger charge is 2.18. The molecule has 2 rings (SSSR count). The van der Waals surface area contributed by atoms with E-state index in [1.54, 1.807) is 18.2 Å². The molecule has 0 unspecified atom stereocenters. The number of aromatic nitrogens is 2. The summed E-state index contributed by atoms with van der Waals surface area (Å²) < 4.78 is 26.9. The Kier molecular flexibility index (Phi) is 4.58. The van der Waals surface area contributed by atoms with E-state index >= 15 is 0 Å². The Morgan fingerprint density at radius 1 is 1.00 bits per heavy atom. The van der Waals surface area contributed by atoms with Crippen molar-refractivity contribution >= 4 is 33.3 Å². The number of nitrogens with one attached hydrogen (secondary N) is 2. The summed E-state index contributed by atoms with van der Waals surface area (Å²) in [6, 6.07) is 9.39. The molecule has 1 aromatic heterocycles. The molecule has 0 radical (unpaired) electrons. The Hall–Kier alpha value is -1.86. The van der Waals surface area contributed by atoms with Crippen molar-refractivity contribution in [3.05, 3.63) is 41.4 Å². The largest absolute Gasteiger partial charge is 0.364 e. The van der Waals surface area contributed by atoms with Crippen LogP contribution in [0.15, 0.2) is 41.3 Å². The van der Waals surface area contributed by atoms with Gasteiger partial charge in [-0.3, -0.25) is 4.72 Å². The second-order valence-electron chi connectivity index (χ2n) is 5.71. The van der Waals surface area contributed by atoms with Gasteiger partial charge in [-0.1, -0.05) is 23.7 Å². The highest BCUT2D eigenvalue weighted by atomic mass is 35.5. The first kappa shape index (κ1) is 16.5. The van der Waals surface area contributed by atoms with Crippen LogP contribution in [0.3, 0.4) is 0 Å². The van der Waals surface area contributed by atoms with Crippen molar-refractivity contribution in [2.75, 3.05) is 10.0 Å². The van der Waals surface area contributed by atoms with Crippen molar-refractivity contribution in [3.8, 4) is 0 Å². The number of anilines is 2. The van der Waals surface area contributed by atoms with Crippen molar-refractivity contribution in [3.63, 3.8) is 0 Å². The fraction of sp³-hybridized carbons (Fsp3) is 0.286. The number of sulfonamides is 1. The van der Waals surface area contributed by atoms with Gasteiger partial charge in [-0.25, -0.2) is 8.42 Å². The average molecular weight is 341 g/mol. The zero-order valence-corrected chi connectivity index (χ0v) is 14.0. The molecule has 118 valence electrons. The van der Waals surface area contributed by atoms with Gasteiger partial charge in [0, 0.05) is 5.54 Å². The van der Waals surface area contributed by atoms with Crippen molar-refractivity contribution in [2.45, 2.75) is 31.2 Å². The average Bonchev–Trinajstić information content (AvgIpc) is 2.39. The molecule has 22 heavy (non-hydrogen) atoms. The van der Waals surface area contributed by atoms with Crippen LogP contribution in [0.2, 0.25) is 5.02 Å². The van der Waals surface area contributed by atoms with Gasteiger partial charge in [-0.15, -0.1) is 10.2 Å². The third kappa shape index (κ3) is 4.32. The van der Waals surface area contributed by atoms with E-state index in [9.17, 15) is 8.42 Å². The molecule has 8 heteroatoms. The van der Waals surface area contributed by atoms with Crippen LogP contribution < -0.4 is 10.0 Å². The van der Waals surface area contributed by atoms with Crippen molar-refractivity contribution in [1.82, 2.24) is 10.2 Å². The highest BCUT2D eigenvalue weighted by Crippen LogP contribution is 2.22. The third-order valence-electron chi connectivity index (χ3n) is 2.53. The zero-order chi connectivity index (χ0) is 16.4. The summed E-state index contributed by atoms with van der Waals surface area (Å²) in [6.45, 7) is 5.97. The van der Waals surface area contributed by atoms with Gasteiger partial charge in [0.2, 0.25) is 0 Å².